The van der Waals surface area contributed by atoms with Crippen LogP contribution in [0.1, 0.15) is 37.8 Å². The van der Waals surface area contributed by atoms with Gasteiger partial charge in [0.2, 0.25) is 0 Å². The van der Waals surface area contributed by atoms with E-state index in [2.05, 4.69) is 4.99 Å². The molecule has 0 saturated heterocycles. The molecule has 4 rings (SSSR count). The normalized spacial score (nSPS) is 19.9. The summed E-state index contributed by atoms with van der Waals surface area (Å²) < 4.78 is 86.8. The van der Waals surface area contributed by atoms with Crippen molar-refractivity contribution in [2.24, 2.45) is 10.4 Å². The number of allylic oxidation sites excluding steroid dienone is 1. The number of nitrogens with zero attached hydrogens (tertiary/aromatic N) is 2. The molecule has 0 bridgehead atoms. The number of ketones is 1. The van der Waals surface area contributed by atoms with E-state index in [1.165, 1.54) is 4.90 Å². The molecule has 2 aromatic carbocycles. The zero-order chi connectivity index (χ0) is 25.6. The largest absolute Gasteiger partial charge is 0.427 e. The van der Waals surface area contributed by atoms with E-state index in [0.717, 1.165) is 0 Å². The lowest BCUT2D eigenvalue weighted by molar-refractivity contribution is -0.283. The van der Waals surface area contributed by atoms with Crippen LogP contribution in [-0.4, -0.2) is 34.4 Å². The van der Waals surface area contributed by atoms with Crippen LogP contribution >= 0.6 is 0 Å². The van der Waals surface area contributed by atoms with Gasteiger partial charge in [0.1, 0.15) is 5.84 Å². The fraction of sp³-hybridized carbons (Fsp3) is 0.385. The number of hydrogen-bond acceptors (Lipinski definition) is 3. The number of benzene rings is 2. The Balaban J connectivity index is 2.00. The molecule has 1 aliphatic carbocycles. The number of aliphatic imine (C=N–C) groups is 1. The highest BCUT2D eigenvalue weighted by Crippen LogP contribution is 2.57. The van der Waals surface area contributed by atoms with Gasteiger partial charge in [-0.1, -0.05) is 74.5 Å². The van der Waals surface area contributed by atoms with Crippen molar-refractivity contribution in [1.82, 2.24) is 4.90 Å². The summed E-state index contributed by atoms with van der Waals surface area (Å²) >= 11 is 0. The second kappa shape index (κ2) is 8.53. The molecule has 1 heterocycles. The summed E-state index contributed by atoms with van der Waals surface area (Å²) in [5.41, 5.74) is -5.81. The highest BCUT2D eigenvalue weighted by molar-refractivity contribution is 6.03. The number of hydrogen-bond donors (Lipinski definition) is 0. The van der Waals surface area contributed by atoms with Crippen LogP contribution < -0.4 is 0 Å². The molecule has 186 valence electrons. The molecule has 2 aromatic rings. The molecule has 2 aliphatic rings. The average Bonchev–Trinajstić information content (AvgIpc) is 2.74. The number of carbonyl (C=O) groups is 1. The first kappa shape index (κ1) is 25.0. The quantitative estimate of drug-likeness (QED) is 0.446. The highest BCUT2D eigenvalue weighted by atomic mass is 19.4. The molecule has 0 unspecified atom stereocenters. The first-order valence-electron chi connectivity index (χ1n) is 11.1. The third-order valence-electron chi connectivity index (χ3n) is 6.36. The van der Waals surface area contributed by atoms with Gasteiger partial charge in [-0.15, -0.1) is 0 Å². The lowest BCUT2D eigenvalue weighted by Crippen LogP contribution is -2.63. The Morgan fingerprint density at radius 1 is 0.829 bits per heavy atom. The molecule has 1 aliphatic heterocycles. The Hall–Kier alpha value is -3.10. The fourth-order valence-corrected chi connectivity index (χ4v) is 4.83. The van der Waals surface area contributed by atoms with Crippen molar-refractivity contribution in [3.8, 4) is 0 Å². The van der Waals surface area contributed by atoms with Crippen LogP contribution in [0.3, 0.4) is 0 Å². The second-order valence-electron chi connectivity index (χ2n) is 9.73. The maximum Gasteiger partial charge on any atom is 0.427 e. The van der Waals surface area contributed by atoms with E-state index in [4.69, 9.17) is 0 Å². The van der Waals surface area contributed by atoms with E-state index in [-0.39, 0.29) is 30.9 Å². The molecule has 0 saturated carbocycles. The van der Waals surface area contributed by atoms with Crippen LogP contribution in [0.25, 0.3) is 0 Å². The number of carbonyl (C=O) groups excluding carboxylic acids is 1. The molecule has 3 nitrogen and oxygen atoms in total. The zero-order valence-electron chi connectivity index (χ0n) is 19.2. The highest BCUT2D eigenvalue weighted by Gasteiger charge is 2.76. The molecule has 0 spiro atoms. The third kappa shape index (κ3) is 4.48. The monoisotopic (exact) mass is 494 g/mol. The molecule has 35 heavy (non-hydrogen) atoms. The maximum atomic E-state index is 14.5. The van der Waals surface area contributed by atoms with Crippen molar-refractivity contribution in [3.63, 3.8) is 0 Å². The van der Waals surface area contributed by atoms with Crippen LogP contribution in [0.2, 0.25) is 0 Å². The van der Waals surface area contributed by atoms with Crippen molar-refractivity contribution in [2.75, 3.05) is 0 Å². The van der Waals surface area contributed by atoms with E-state index in [1.807, 2.05) is 0 Å². The summed E-state index contributed by atoms with van der Waals surface area (Å²) in [4.78, 5) is 17.9. The summed E-state index contributed by atoms with van der Waals surface area (Å²) in [6, 6.07) is 16.9. The Morgan fingerprint density at radius 3 is 1.86 bits per heavy atom. The van der Waals surface area contributed by atoms with Gasteiger partial charge in [0.25, 0.3) is 5.54 Å². The van der Waals surface area contributed by atoms with Gasteiger partial charge in [-0.05, 0) is 23.0 Å². The minimum Gasteiger partial charge on any atom is -0.329 e. The van der Waals surface area contributed by atoms with Gasteiger partial charge in [-0.2, -0.15) is 26.3 Å². The summed E-state index contributed by atoms with van der Waals surface area (Å²) in [6.07, 6.45) is -12.5. The first-order chi connectivity index (χ1) is 16.3. The van der Waals surface area contributed by atoms with Crippen molar-refractivity contribution < 1.29 is 31.1 Å². The molecular weight excluding hydrogens is 470 g/mol. The molecule has 0 aromatic heterocycles. The summed E-state index contributed by atoms with van der Waals surface area (Å²) in [5.74, 6) is -1.55. The van der Waals surface area contributed by atoms with Gasteiger partial charge < -0.3 is 4.90 Å². The van der Waals surface area contributed by atoms with E-state index in [9.17, 15) is 31.1 Å². The predicted octanol–water partition coefficient (Wildman–Crippen LogP) is 6.65. The number of alkyl halides is 6. The summed E-state index contributed by atoms with van der Waals surface area (Å²) in [7, 11) is 0. The molecule has 0 N–H and O–H groups in total. The summed E-state index contributed by atoms with van der Waals surface area (Å²) in [5, 5.41) is 0. The van der Waals surface area contributed by atoms with Crippen LogP contribution in [0, 0.1) is 5.41 Å². The molecule has 0 fully saturated rings. The number of rotatable bonds is 4. The fourth-order valence-electron chi connectivity index (χ4n) is 4.83. The van der Waals surface area contributed by atoms with Crippen LogP contribution in [-0.2, 0) is 17.8 Å². The van der Waals surface area contributed by atoms with Gasteiger partial charge in [0.15, 0.2) is 5.78 Å². The van der Waals surface area contributed by atoms with Crippen molar-refractivity contribution in [3.05, 3.63) is 83.1 Å². The lowest BCUT2D eigenvalue weighted by Gasteiger charge is -2.48. The molecule has 9 heteroatoms. The molecule has 0 radical (unpaired) electrons. The first-order valence-corrected chi connectivity index (χ1v) is 11.1. The van der Waals surface area contributed by atoms with Gasteiger partial charge in [0.05, 0.1) is 5.57 Å². The van der Waals surface area contributed by atoms with Crippen molar-refractivity contribution >= 4 is 11.6 Å². The third-order valence-corrected chi connectivity index (χ3v) is 6.36. The summed E-state index contributed by atoms with van der Waals surface area (Å²) in [6.45, 7) is 3.32. The zero-order valence-corrected chi connectivity index (χ0v) is 19.2. The Labute approximate surface area is 199 Å². The van der Waals surface area contributed by atoms with Crippen LogP contribution in [0.4, 0.5) is 26.3 Å². The maximum absolute atomic E-state index is 14.5. The molecular formula is C26H24F6N2O. The molecule has 0 amide bonds. The second-order valence-corrected chi connectivity index (χ2v) is 9.73. The number of halogens is 6. The van der Waals surface area contributed by atoms with Crippen LogP contribution in [0.15, 0.2) is 76.9 Å². The van der Waals surface area contributed by atoms with E-state index >= 15 is 0 Å². The SMILES string of the molecule is CC1(C)CC(=O)C2=C(C1)N(Cc1ccccc1)C(Cc1ccccc1)=NC2(C(F)(F)F)C(F)(F)F. The number of amidine groups is 1. The van der Waals surface area contributed by atoms with Crippen LogP contribution in [0.5, 0.6) is 0 Å². The van der Waals surface area contributed by atoms with Crippen molar-refractivity contribution in [1.29, 1.82) is 0 Å². The smallest absolute Gasteiger partial charge is 0.329 e. The topological polar surface area (TPSA) is 32.7 Å². The standard InChI is InChI=1S/C26H24F6N2O/c1-23(2)14-19-22(20(35)15-23)24(25(27,28)29,26(30,31)32)33-21(13-17-9-5-3-6-10-17)34(19)16-18-11-7-4-8-12-18/h3-12H,13-16H2,1-2H3. The van der Waals surface area contributed by atoms with E-state index < -0.39 is 41.1 Å². The molecule has 0 atom stereocenters. The minimum absolute atomic E-state index is 0.0134. The van der Waals surface area contributed by atoms with E-state index in [0.29, 0.717) is 11.1 Å². The average molecular weight is 494 g/mol. The minimum atomic E-state index is -5.86. The van der Waals surface area contributed by atoms with Gasteiger partial charge in [-0.25, -0.2) is 4.99 Å². The van der Waals surface area contributed by atoms with Gasteiger partial charge in [-0.3, -0.25) is 4.79 Å². The predicted molar refractivity (Wildman–Crippen MR) is 119 cm³/mol. The van der Waals surface area contributed by atoms with Gasteiger partial charge >= 0.3 is 12.4 Å². The van der Waals surface area contributed by atoms with E-state index in [1.54, 1.807) is 74.5 Å². The van der Waals surface area contributed by atoms with Gasteiger partial charge in [0, 0.05) is 25.1 Å². The Morgan fingerprint density at radius 2 is 1.34 bits per heavy atom. The van der Waals surface area contributed by atoms with Crippen molar-refractivity contribution in [2.45, 2.75) is 57.5 Å². The Kier molecular flexibility index (Phi) is 6.10. The number of Topliss-reactive ketones (excluding diaryl/α,β-unsaturated/α-hetero) is 1. The Bertz CT molecular complexity index is 1150. The lowest BCUT2D eigenvalue weighted by atomic mass is 9.69.